The molecule has 0 aromatic rings. The molecule has 1 spiro atoms. The van der Waals surface area contributed by atoms with Crippen LogP contribution in [0.1, 0.15) is 74.1 Å². The summed E-state index contributed by atoms with van der Waals surface area (Å²) in [7, 11) is -1.78. The quantitative estimate of drug-likeness (QED) is 0.602. The lowest BCUT2D eigenvalue weighted by Gasteiger charge is -2.51. The fourth-order valence-corrected chi connectivity index (χ4v) is 5.73. The molecule has 2 rings (SSSR count). The molecule has 2 aliphatic rings. The van der Waals surface area contributed by atoms with Crippen molar-refractivity contribution in [3.8, 4) is 0 Å². The zero-order chi connectivity index (χ0) is 20.0. The van der Waals surface area contributed by atoms with Gasteiger partial charge in [0.1, 0.15) is 5.78 Å². The maximum absolute atomic E-state index is 13.4. The topological polar surface area (TPSA) is 44.8 Å². The number of ether oxygens (including phenoxy) is 2. The van der Waals surface area contributed by atoms with Gasteiger partial charge in [-0.15, -0.1) is 0 Å². The Labute approximate surface area is 161 Å². The van der Waals surface area contributed by atoms with Crippen LogP contribution in [-0.2, 0) is 18.7 Å². The third kappa shape index (κ3) is 3.82. The molecule has 4 nitrogen and oxygen atoms in total. The molecule has 0 radical (unpaired) electrons. The molecule has 26 heavy (non-hydrogen) atoms. The Hall–Kier alpha value is -0.233. The van der Waals surface area contributed by atoms with Gasteiger partial charge in [0, 0.05) is 17.9 Å². The van der Waals surface area contributed by atoms with E-state index in [0.717, 1.165) is 25.7 Å². The fraction of sp³-hybridized carbons (Fsp3) is 0.952. The van der Waals surface area contributed by atoms with Crippen LogP contribution in [0.4, 0.5) is 0 Å². The molecule has 0 N–H and O–H groups in total. The van der Waals surface area contributed by atoms with Crippen molar-refractivity contribution in [3.05, 3.63) is 0 Å². The monoisotopic (exact) mass is 384 g/mol. The molecule has 1 saturated heterocycles. The number of hydrogen-bond donors (Lipinski definition) is 0. The second-order valence-corrected chi connectivity index (χ2v) is 15.4. The van der Waals surface area contributed by atoms with E-state index >= 15 is 0 Å². The van der Waals surface area contributed by atoms with Crippen LogP contribution < -0.4 is 0 Å². The van der Waals surface area contributed by atoms with E-state index in [2.05, 4.69) is 47.7 Å². The van der Waals surface area contributed by atoms with Crippen molar-refractivity contribution in [1.82, 2.24) is 0 Å². The third-order valence-electron chi connectivity index (χ3n) is 7.23. The van der Waals surface area contributed by atoms with Crippen LogP contribution in [0, 0.1) is 10.8 Å². The van der Waals surface area contributed by atoms with Gasteiger partial charge < -0.3 is 13.9 Å². The summed E-state index contributed by atoms with van der Waals surface area (Å²) in [6.45, 7) is 20.8. The van der Waals surface area contributed by atoms with Gasteiger partial charge in [-0.3, -0.25) is 4.79 Å². The summed E-state index contributed by atoms with van der Waals surface area (Å²) in [6, 6.07) is 0. The van der Waals surface area contributed by atoms with E-state index in [9.17, 15) is 4.79 Å². The molecule has 5 heteroatoms. The predicted octanol–water partition coefficient (Wildman–Crippen LogP) is 5.32. The van der Waals surface area contributed by atoms with Crippen molar-refractivity contribution in [2.24, 2.45) is 10.8 Å². The van der Waals surface area contributed by atoms with Crippen molar-refractivity contribution in [2.45, 2.75) is 104 Å². The minimum Gasteiger partial charge on any atom is -0.414 e. The molecule has 1 aliphatic heterocycles. The first kappa shape index (κ1) is 22.1. The average Bonchev–Trinajstić information content (AvgIpc) is 2.98. The molecule has 2 unspecified atom stereocenters. The lowest BCUT2D eigenvalue weighted by molar-refractivity contribution is -0.247. The van der Waals surface area contributed by atoms with E-state index in [4.69, 9.17) is 13.9 Å². The molecule has 2 fully saturated rings. The molecule has 0 aromatic heterocycles. The Morgan fingerprint density at radius 2 is 1.65 bits per heavy atom. The van der Waals surface area contributed by atoms with Crippen molar-refractivity contribution in [2.75, 3.05) is 13.2 Å². The van der Waals surface area contributed by atoms with Gasteiger partial charge in [-0.1, -0.05) is 27.7 Å². The Morgan fingerprint density at radius 3 is 2.15 bits per heavy atom. The van der Waals surface area contributed by atoms with Crippen molar-refractivity contribution >= 4 is 14.1 Å². The summed E-state index contributed by atoms with van der Waals surface area (Å²) in [5.41, 5.74) is -0.935. The first-order valence-corrected chi connectivity index (χ1v) is 13.1. The summed E-state index contributed by atoms with van der Waals surface area (Å²) in [5.74, 6) is -0.440. The van der Waals surface area contributed by atoms with Gasteiger partial charge in [-0.05, 0) is 58.2 Å². The maximum Gasteiger partial charge on any atom is 0.192 e. The maximum atomic E-state index is 13.4. The summed E-state index contributed by atoms with van der Waals surface area (Å²) in [4.78, 5) is 13.4. The van der Waals surface area contributed by atoms with Gasteiger partial charge in [0.25, 0.3) is 0 Å². The SMILES string of the molecule is CC(CCC1(C)CCC2(OCCO2)C(C)(C)C1=O)O[Si](C)(C)C(C)(C)C. The highest BCUT2D eigenvalue weighted by molar-refractivity contribution is 6.74. The van der Waals surface area contributed by atoms with Gasteiger partial charge in [0.15, 0.2) is 14.1 Å². The van der Waals surface area contributed by atoms with Crippen molar-refractivity contribution < 1.29 is 18.7 Å². The van der Waals surface area contributed by atoms with Crippen LogP contribution in [0.3, 0.4) is 0 Å². The zero-order valence-corrected chi connectivity index (χ0v) is 19.5. The molecule has 152 valence electrons. The van der Waals surface area contributed by atoms with E-state index in [1.807, 2.05) is 13.8 Å². The highest BCUT2D eigenvalue weighted by atomic mass is 28.4. The molecule has 1 saturated carbocycles. The molecule has 0 amide bonds. The minimum absolute atomic E-state index is 0.179. The smallest absolute Gasteiger partial charge is 0.192 e. The largest absolute Gasteiger partial charge is 0.414 e. The van der Waals surface area contributed by atoms with Gasteiger partial charge in [0.2, 0.25) is 0 Å². The Kier molecular flexibility index (Phi) is 5.92. The number of carbonyl (C=O) groups is 1. The van der Waals surface area contributed by atoms with E-state index in [1.165, 1.54) is 0 Å². The molecule has 0 bridgehead atoms. The summed E-state index contributed by atoms with van der Waals surface area (Å²) in [5, 5.41) is 0.206. The van der Waals surface area contributed by atoms with Crippen LogP contribution in [0.2, 0.25) is 18.1 Å². The zero-order valence-electron chi connectivity index (χ0n) is 18.5. The summed E-state index contributed by atoms with van der Waals surface area (Å²) in [6.07, 6.45) is 3.57. The third-order valence-corrected chi connectivity index (χ3v) is 11.8. The second kappa shape index (κ2) is 6.98. The normalized spacial score (nSPS) is 30.0. The Bertz CT molecular complexity index is 529. The summed E-state index contributed by atoms with van der Waals surface area (Å²) < 4.78 is 18.4. The first-order chi connectivity index (χ1) is 11.7. The van der Waals surface area contributed by atoms with Crippen LogP contribution in [0.15, 0.2) is 0 Å². The number of Topliss-reactive ketones (excluding diaryl/α,β-unsaturated/α-hetero) is 1. The minimum atomic E-state index is -1.78. The highest BCUT2D eigenvalue weighted by Gasteiger charge is 2.61. The van der Waals surface area contributed by atoms with Gasteiger partial charge in [-0.25, -0.2) is 0 Å². The van der Waals surface area contributed by atoms with Crippen LogP contribution in [0.5, 0.6) is 0 Å². The van der Waals surface area contributed by atoms with E-state index < -0.39 is 19.5 Å². The Balaban J connectivity index is 2.02. The number of rotatable bonds is 5. The average molecular weight is 385 g/mol. The molecule has 1 aliphatic carbocycles. The van der Waals surface area contributed by atoms with Crippen LogP contribution >= 0.6 is 0 Å². The lowest BCUT2D eigenvalue weighted by atomic mass is 9.58. The highest BCUT2D eigenvalue weighted by Crippen LogP contribution is 2.54. The van der Waals surface area contributed by atoms with E-state index in [1.54, 1.807) is 0 Å². The lowest BCUT2D eigenvalue weighted by Crippen LogP contribution is -2.59. The molecular formula is C21H40O4Si. The Morgan fingerprint density at radius 1 is 1.12 bits per heavy atom. The van der Waals surface area contributed by atoms with Gasteiger partial charge >= 0.3 is 0 Å². The standard InChI is InChI=1S/C21H40O4Si/c1-16(25-26(8,9)18(2,3)4)10-11-20(7)12-13-21(23-14-15-24-21)19(5,6)17(20)22/h16H,10-15H2,1-9H3. The van der Waals surface area contributed by atoms with Gasteiger partial charge in [-0.2, -0.15) is 0 Å². The molecule has 1 heterocycles. The first-order valence-electron chi connectivity index (χ1n) is 10.2. The number of hydrogen-bond acceptors (Lipinski definition) is 4. The molecular weight excluding hydrogens is 344 g/mol. The van der Waals surface area contributed by atoms with E-state index in [0.29, 0.717) is 13.2 Å². The number of ketones is 1. The van der Waals surface area contributed by atoms with Crippen LogP contribution in [0.25, 0.3) is 0 Å². The van der Waals surface area contributed by atoms with Crippen LogP contribution in [-0.4, -0.2) is 39.2 Å². The number of carbonyl (C=O) groups excluding carboxylic acids is 1. The fourth-order valence-electron chi connectivity index (χ4n) is 4.25. The molecule has 0 aromatic carbocycles. The van der Waals surface area contributed by atoms with Gasteiger partial charge in [0.05, 0.1) is 18.6 Å². The molecule has 2 atom stereocenters. The summed E-state index contributed by atoms with van der Waals surface area (Å²) >= 11 is 0. The van der Waals surface area contributed by atoms with Crippen molar-refractivity contribution in [1.29, 1.82) is 0 Å². The van der Waals surface area contributed by atoms with Crippen molar-refractivity contribution in [3.63, 3.8) is 0 Å². The predicted molar refractivity (Wildman–Crippen MR) is 108 cm³/mol. The van der Waals surface area contributed by atoms with E-state index in [-0.39, 0.29) is 22.3 Å². The second-order valence-electron chi connectivity index (χ2n) is 10.7.